The number of allylic oxidation sites excluding steroid dienone is 1. The number of dihydropyridines is 1. The predicted octanol–water partition coefficient (Wildman–Crippen LogP) is 0.861. The molecule has 0 N–H and O–H groups in total. The molecule has 0 amide bonds. The number of hydrogen-bond donors (Lipinski definition) is 0. The number of hydrogen-bond acceptors (Lipinski definition) is 1. The first-order chi connectivity index (χ1) is 3.00. The fourth-order valence-corrected chi connectivity index (χ4v) is 0.442. The van der Waals surface area contributed by atoms with Gasteiger partial charge < -0.3 is 2.85 Å². The van der Waals surface area contributed by atoms with E-state index in [-0.39, 0.29) is 40.6 Å². The van der Waals surface area contributed by atoms with Crippen molar-refractivity contribution in [3.8, 4) is 0 Å². The zero-order valence-electron chi connectivity index (χ0n) is 6.30. The predicted molar refractivity (Wildman–Crippen MR) is 35.1 cm³/mol. The van der Waals surface area contributed by atoms with E-state index in [1.54, 1.807) is 0 Å². The molecular weight excluding hydrogens is 114 g/mol. The molecule has 2 heteroatoms. The van der Waals surface area contributed by atoms with E-state index in [1.807, 2.05) is 12.3 Å². The van der Waals surface area contributed by atoms with Gasteiger partial charge in [0, 0.05) is 12.8 Å². The van der Waals surface area contributed by atoms with Gasteiger partial charge in [0.25, 0.3) is 0 Å². The van der Waals surface area contributed by atoms with E-state index in [9.17, 15) is 0 Å². The minimum absolute atomic E-state index is 0. The molecule has 1 aliphatic rings. The van der Waals surface area contributed by atoms with E-state index < -0.39 is 0 Å². The summed E-state index contributed by atoms with van der Waals surface area (Å²) in [5.74, 6) is 0. The first kappa shape index (κ1) is 7.67. The maximum absolute atomic E-state index is 3.97. The molecule has 0 radical (unpaired) electrons. The van der Waals surface area contributed by atoms with Crippen molar-refractivity contribution in [3.05, 3.63) is 12.2 Å². The Hall–Kier alpha value is 0.670. The van der Waals surface area contributed by atoms with Gasteiger partial charge in [-0.2, -0.15) is 0 Å². The van der Waals surface area contributed by atoms with Crippen molar-refractivity contribution in [2.24, 2.45) is 4.99 Å². The van der Waals surface area contributed by atoms with Crippen molar-refractivity contribution in [1.82, 2.24) is 0 Å². The van der Waals surface area contributed by atoms with Crippen LogP contribution in [0.4, 0.5) is 0 Å². The normalized spacial score (nSPS) is 16.0. The van der Waals surface area contributed by atoms with Crippen LogP contribution in [0.25, 0.3) is 0 Å². The van der Waals surface area contributed by atoms with Crippen molar-refractivity contribution in [2.45, 2.75) is 6.42 Å². The summed E-state index contributed by atoms with van der Waals surface area (Å²) in [5.41, 5.74) is 0. The average Bonchev–Trinajstić information content (AvgIpc) is 1.72. The van der Waals surface area contributed by atoms with Crippen LogP contribution in [0.2, 0.25) is 0 Å². The van der Waals surface area contributed by atoms with Gasteiger partial charge in [-0.25, -0.2) is 0 Å². The Morgan fingerprint density at radius 1 is 1.57 bits per heavy atom. The van der Waals surface area contributed by atoms with Gasteiger partial charge in [0.1, 0.15) is 0 Å². The Kier molecular flexibility index (Phi) is 5.28. The summed E-state index contributed by atoms with van der Waals surface area (Å²) in [7, 11) is 0. The molecule has 0 saturated heterocycles. The first-order valence-electron chi connectivity index (χ1n) is 2.15. The van der Waals surface area contributed by atoms with E-state index >= 15 is 0 Å². The van der Waals surface area contributed by atoms with Crippen LogP contribution in [0.15, 0.2) is 17.1 Å². The van der Waals surface area contributed by atoms with Crippen molar-refractivity contribution < 1.29 is 2.85 Å². The molecule has 1 heterocycles. The van der Waals surface area contributed by atoms with Crippen LogP contribution in [0.3, 0.4) is 0 Å². The molecule has 1 rings (SSSR count). The summed E-state index contributed by atoms with van der Waals surface area (Å²) in [6.07, 6.45) is 7.05. The average molecular weight is 123 g/mol. The number of nitrogens with zero attached hydrogens (tertiary/aromatic N) is 1. The largest absolute Gasteiger partial charge is 2.00 e. The second kappa shape index (κ2) is 4.82. The molecule has 0 aromatic heterocycles. The molecule has 7 heavy (non-hydrogen) atoms. The van der Waals surface area contributed by atoms with Gasteiger partial charge in [-0.05, 0) is 12.5 Å². The van der Waals surface area contributed by atoms with Crippen LogP contribution in [0.5, 0.6) is 0 Å². The molecule has 0 bridgehead atoms. The fourth-order valence-electron chi connectivity index (χ4n) is 0.442. The van der Waals surface area contributed by atoms with Gasteiger partial charge >= 0.3 is 37.7 Å². The topological polar surface area (TPSA) is 12.4 Å². The Morgan fingerprint density at radius 2 is 2.43 bits per heavy atom. The molecule has 0 fully saturated rings. The van der Waals surface area contributed by atoms with Crippen LogP contribution in [-0.4, -0.2) is 50.5 Å². The second-order valence-electron chi connectivity index (χ2n) is 1.27. The van der Waals surface area contributed by atoms with Gasteiger partial charge in [-0.15, -0.1) is 0 Å². The Morgan fingerprint density at radius 3 is 2.57 bits per heavy atom. The second-order valence-corrected chi connectivity index (χ2v) is 1.27. The molecule has 1 aliphatic heterocycles. The van der Waals surface area contributed by atoms with Gasteiger partial charge in [0.05, 0.1) is 0 Å². The van der Waals surface area contributed by atoms with Crippen LogP contribution >= 0.6 is 0 Å². The molecule has 0 saturated carbocycles. The van der Waals surface area contributed by atoms with E-state index in [0.29, 0.717) is 0 Å². The van der Waals surface area contributed by atoms with Crippen molar-refractivity contribution in [3.63, 3.8) is 0 Å². The molecule has 0 spiro atoms. The first-order valence-corrected chi connectivity index (χ1v) is 2.15. The molecule has 0 unspecified atom stereocenters. The van der Waals surface area contributed by atoms with Gasteiger partial charge in [0.15, 0.2) is 0 Å². The molecule has 0 aromatic rings. The monoisotopic (exact) mass is 123 g/mol. The summed E-state index contributed by atoms with van der Waals surface area (Å²) in [6.45, 7) is 0.983. The summed E-state index contributed by atoms with van der Waals surface area (Å²) >= 11 is 0. The smallest absolute Gasteiger partial charge is 1.00 e. The van der Waals surface area contributed by atoms with Crippen LogP contribution < -0.4 is 0 Å². The zero-order valence-corrected chi connectivity index (χ0v) is 6.51. The minimum atomic E-state index is 0. The summed E-state index contributed by atoms with van der Waals surface area (Å²) < 4.78 is 0. The van der Waals surface area contributed by atoms with Crippen molar-refractivity contribution >= 4 is 44.0 Å². The van der Waals surface area contributed by atoms with Crippen LogP contribution in [-0.2, 0) is 0 Å². The van der Waals surface area contributed by atoms with Gasteiger partial charge in [0.2, 0.25) is 0 Å². The van der Waals surface area contributed by atoms with E-state index in [4.69, 9.17) is 0 Å². The van der Waals surface area contributed by atoms with Gasteiger partial charge in [-0.3, -0.25) is 4.99 Å². The third-order valence-electron chi connectivity index (χ3n) is 0.752. The Labute approximate surface area is 76.5 Å². The molecule has 1 nitrogen and oxygen atoms in total. The quantitative estimate of drug-likeness (QED) is 0.424. The zero-order chi connectivity index (χ0) is 4.24. The third-order valence-corrected chi connectivity index (χ3v) is 0.752. The summed E-state index contributed by atoms with van der Waals surface area (Å²) in [6, 6.07) is 0. The fraction of sp³-hybridized carbons (Fsp3) is 0.400. The Bertz CT molecular complexity index is 81.0. The SMILES string of the molecule is C1=CCCN=C1.[Ca+2].[H-].[H-]. The van der Waals surface area contributed by atoms with Crippen molar-refractivity contribution in [2.75, 3.05) is 6.54 Å². The number of rotatable bonds is 0. The van der Waals surface area contributed by atoms with Crippen LogP contribution in [0, 0.1) is 0 Å². The maximum atomic E-state index is 3.97. The molecular formula is C5H9CaN. The Balaban J connectivity index is -0.000000120. The molecule has 0 aliphatic carbocycles. The van der Waals surface area contributed by atoms with E-state index in [0.717, 1.165) is 13.0 Å². The maximum Gasteiger partial charge on any atom is 2.00 e. The standard InChI is InChI=1S/C5H7N.Ca.2H/c1-2-4-6-5-3-1;;;/h1-2,4H,3,5H2;;;/q;+2;2*-1. The van der Waals surface area contributed by atoms with E-state index in [1.165, 1.54) is 0 Å². The number of aliphatic imine (C=N–C) groups is 1. The summed E-state index contributed by atoms with van der Waals surface area (Å²) in [4.78, 5) is 3.97. The third kappa shape index (κ3) is 3.27. The van der Waals surface area contributed by atoms with Crippen LogP contribution in [0.1, 0.15) is 9.27 Å². The van der Waals surface area contributed by atoms with E-state index in [2.05, 4.69) is 11.1 Å². The molecule has 0 atom stereocenters. The minimum Gasteiger partial charge on any atom is -1.00 e. The molecule has 36 valence electrons. The van der Waals surface area contributed by atoms with Crippen molar-refractivity contribution in [1.29, 1.82) is 0 Å². The van der Waals surface area contributed by atoms with Gasteiger partial charge in [-0.1, -0.05) is 6.08 Å². The molecule has 0 aromatic carbocycles. The summed E-state index contributed by atoms with van der Waals surface area (Å²) in [5, 5.41) is 0.